The molecule has 0 spiro atoms. The minimum Gasteiger partial charge on any atom is -0.397 e. The second-order valence-corrected chi connectivity index (χ2v) is 7.22. The predicted molar refractivity (Wildman–Crippen MR) is 124 cm³/mol. The van der Waals surface area contributed by atoms with Gasteiger partial charge in [0.25, 0.3) is 0 Å². The molecule has 3 aromatic carbocycles. The van der Waals surface area contributed by atoms with E-state index in [1.807, 2.05) is 30.3 Å². The summed E-state index contributed by atoms with van der Waals surface area (Å²) in [6.45, 7) is 8.50. The minimum atomic E-state index is 0.332. The average Bonchev–Trinajstić information content (AvgIpc) is 2.73. The third-order valence-electron chi connectivity index (χ3n) is 4.62. The molecule has 3 aromatic rings. The molecule has 0 aliphatic heterocycles. The Kier molecular flexibility index (Phi) is 6.21. The minimum absolute atomic E-state index is 0.332. The van der Waals surface area contributed by atoms with Crippen LogP contribution in [0.3, 0.4) is 0 Å². The highest BCUT2D eigenvalue weighted by Gasteiger charge is 2.07. The van der Waals surface area contributed by atoms with Crippen molar-refractivity contribution in [3.05, 3.63) is 78.9 Å². The third-order valence-corrected chi connectivity index (χ3v) is 4.62. The lowest BCUT2D eigenvalue weighted by molar-refractivity contribution is 0.900. The Morgan fingerprint density at radius 2 is 1.48 bits per heavy atom. The fourth-order valence-electron chi connectivity index (χ4n) is 3.19. The van der Waals surface area contributed by atoms with Crippen LogP contribution in [0.1, 0.15) is 19.4 Å². The molecule has 146 valence electrons. The van der Waals surface area contributed by atoms with Crippen LogP contribution in [-0.4, -0.2) is 12.6 Å². The van der Waals surface area contributed by atoms with E-state index in [0.717, 1.165) is 39.3 Å². The van der Waals surface area contributed by atoms with Crippen LogP contribution < -0.4 is 16.4 Å². The number of hydrogen-bond donors (Lipinski definition) is 3. The second kappa shape index (κ2) is 8.99. The molecule has 0 saturated carbocycles. The van der Waals surface area contributed by atoms with E-state index in [4.69, 9.17) is 5.73 Å². The number of rotatable bonds is 7. The van der Waals surface area contributed by atoms with Crippen LogP contribution in [0.25, 0.3) is 22.3 Å². The van der Waals surface area contributed by atoms with Crippen LogP contribution in [0.5, 0.6) is 0 Å². The van der Waals surface area contributed by atoms with E-state index in [9.17, 15) is 5.26 Å². The fraction of sp³-hybridized carbons (Fsp3) is 0.160. The highest BCUT2D eigenvalue weighted by molar-refractivity contribution is 5.78. The maximum absolute atomic E-state index is 9.45. The summed E-state index contributed by atoms with van der Waals surface area (Å²) in [5, 5.41) is 16.0. The topological polar surface area (TPSA) is 73.9 Å². The summed E-state index contributed by atoms with van der Waals surface area (Å²) in [5.74, 6) is 0. The van der Waals surface area contributed by atoms with Crippen molar-refractivity contribution in [2.45, 2.75) is 19.9 Å². The molecule has 0 amide bonds. The summed E-state index contributed by atoms with van der Waals surface area (Å²) < 4.78 is 0. The first-order chi connectivity index (χ1) is 14.0. The monoisotopic (exact) mass is 382 g/mol. The molecule has 0 bridgehead atoms. The van der Waals surface area contributed by atoms with E-state index in [-0.39, 0.29) is 0 Å². The van der Waals surface area contributed by atoms with Crippen molar-refractivity contribution in [3.8, 4) is 28.3 Å². The third kappa shape index (κ3) is 4.77. The molecule has 0 radical (unpaired) electrons. The number of nitrogens with two attached hydrogens (primary N) is 1. The molecule has 4 heteroatoms. The number of hydrogen-bond acceptors (Lipinski definition) is 4. The normalized spacial score (nSPS) is 10.4. The maximum atomic E-state index is 9.45. The van der Waals surface area contributed by atoms with Crippen molar-refractivity contribution in [3.63, 3.8) is 0 Å². The Morgan fingerprint density at radius 3 is 2.00 bits per heavy atom. The van der Waals surface area contributed by atoms with Gasteiger partial charge >= 0.3 is 0 Å². The first kappa shape index (κ1) is 20.0. The lowest BCUT2D eigenvalue weighted by Gasteiger charge is -2.14. The van der Waals surface area contributed by atoms with Gasteiger partial charge in [-0.2, -0.15) is 5.26 Å². The van der Waals surface area contributed by atoms with E-state index in [0.29, 0.717) is 18.2 Å². The van der Waals surface area contributed by atoms with Gasteiger partial charge in [-0.05, 0) is 60.4 Å². The average molecular weight is 383 g/mol. The lowest BCUT2D eigenvalue weighted by Crippen LogP contribution is -2.11. The number of anilines is 3. The molecule has 4 N–H and O–H groups in total. The van der Waals surface area contributed by atoms with E-state index in [1.54, 1.807) is 6.08 Å². The summed E-state index contributed by atoms with van der Waals surface area (Å²) in [6.07, 6.45) is 1.77. The highest BCUT2D eigenvalue weighted by Crippen LogP contribution is 2.30. The summed E-state index contributed by atoms with van der Waals surface area (Å²) in [4.78, 5) is 0. The second-order valence-electron chi connectivity index (χ2n) is 7.22. The molecule has 0 atom stereocenters. The summed E-state index contributed by atoms with van der Waals surface area (Å²) in [7, 11) is 0. The van der Waals surface area contributed by atoms with Gasteiger partial charge in [-0.25, -0.2) is 0 Å². The lowest BCUT2D eigenvalue weighted by atomic mass is 9.98. The van der Waals surface area contributed by atoms with Gasteiger partial charge in [0.2, 0.25) is 0 Å². The van der Waals surface area contributed by atoms with Crippen molar-refractivity contribution < 1.29 is 0 Å². The van der Waals surface area contributed by atoms with Crippen molar-refractivity contribution in [1.82, 2.24) is 0 Å². The molecule has 29 heavy (non-hydrogen) atoms. The molecule has 0 saturated heterocycles. The smallest absolute Gasteiger partial charge is 0.101 e. The molecule has 0 unspecified atom stereocenters. The molecule has 3 rings (SSSR count). The van der Waals surface area contributed by atoms with Crippen LogP contribution in [0.15, 0.2) is 73.3 Å². The van der Waals surface area contributed by atoms with Gasteiger partial charge in [0.15, 0.2) is 0 Å². The predicted octanol–water partition coefficient (Wildman–Crippen LogP) is 5.89. The summed E-state index contributed by atoms with van der Waals surface area (Å²) in [6, 6.07) is 22.8. The van der Waals surface area contributed by atoms with Crippen LogP contribution in [0.2, 0.25) is 0 Å². The van der Waals surface area contributed by atoms with Gasteiger partial charge in [0.05, 0.1) is 22.6 Å². The van der Waals surface area contributed by atoms with Gasteiger partial charge in [-0.1, -0.05) is 42.5 Å². The Bertz CT molecular complexity index is 1040. The van der Waals surface area contributed by atoms with Crippen LogP contribution in [0.4, 0.5) is 17.1 Å². The number of nitriles is 1. The standard InChI is InChI=1S/C25H26N4/c1-4-13-28-24-11-9-20(14-22(24)16-26)18-5-7-19(8-6-18)21-10-12-25(23(27)15-21)29-17(2)3/h4-12,14-15,17,28-29H,1,13,27H2,2-3H3. The Morgan fingerprint density at radius 1 is 0.931 bits per heavy atom. The number of nitrogen functional groups attached to an aromatic ring is 1. The number of benzene rings is 3. The van der Waals surface area contributed by atoms with E-state index in [1.165, 1.54) is 0 Å². The molecule has 0 fully saturated rings. The van der Waals surface area contributed by atoms with Crippen molar-refractivity contribution in [2.24, 2.45) is 0 Å². The van der Waals surface area contributed by atoms with Crippen molar-refractivity contribution in [1.29, 1.82) is 5.26 Å². The highest BCUT2D eigenvalue weighted by atomic mass is 14.9. The summed E-state index contributed by atoms with van der Waals surface area (Å²) >= 11 is 0. The van der Waals surface area contributed by atoms with Crippen LogP contribution in [-0.2, 0) is 0 Å². The Balaban J connectivity index is 1.84. The zero-order valence-corrected chi connectivity index (χ0v) is 16.9. The van der Waals surface area contributed by atoms with E-state index >= 15 is 0 Å². The fourth-order valence-corrected chi connectivity index (χ4v) is 3.19. The molecule has 0 aromatic heterocycles. The van der Waals surface area contributed by atoms with E-state index < -0.39 is 0 Å². The Hall–Kier alpha value is -3.71. The molecular weight excluding hydrogens is 356 g/mol. The number of nitrogens with zero attached hydrogens (tertiary/aromatic N) is 1. The SMILES string of the molecule is C=CCNc1ccc(-c2ccc(-c3ccc(NC(C)C)c(N)c3)cc2)cc1C#N. The largest absolute Gasteiger partial charge is 0.397 e. The zero-order chi connectivity index (χ0) is 20.8. The van der Waals surface area contributed by atoms with Crippen molar-refractivity contribution >= 4 is 17.1 Å². The van der Waals surface area contributed by atoms with Gasteiger partial charge in [0, 0.05) is 12.6 Å². The van der Waals surface area contributed by atoms with Crippen LogP contribution >= 0.6 is 0 Å². The number of nitrogens with one attached hydrogen (secondary N) is 2. The molecule has 0 aliphatic rings. The van der Waals surface area contributed by atoms with Gasteiger partial charge < -0.3 is 16.4 Å². The Labute approximate surface area is 172 Å². The molecule has 0 heterocycles. The summed E-state index contributed by atoms with van der Waals surface area (Å²) in [5.41, 5.74) is 13.6. The molecular formula is C25H26N4. The van der Waals surface area contributed by atoms with E-state index in [2.05, 4.69) is 67.5 Å². The van der Waals surface area contributed by atoms with Crippen molar-refractivity contribution in [2.75, 3.05) is 22.9 Å². The first-order valence-corrected chi connectivity index (χ1v) is 9.67. The van der Waals surface area contributed by atoms with Gasteiger partial charge in [0.1, 0.15) is 6.07 Å². The molecule has 0 aliphatic carbocycles. The zero-order valence-electron chi connectivity index (χ0n) is 16.9. The van der Waals surface area contributed by atoms with Gasteiger partial charge in [-0.15, -0.1) is 6.58 Å². The first-order valence-electron chi connectivity index (χ1n) is 9.67. The maximum Gasteiger partial charge on any atom is 0.101 e. The van der Waals surface area contributed by atoms with Crippen LogP contribution in [0, 0.1) is 11.3 Å². The molecule has 4 nitrogen and oxygen atoms in total. The quantitative estimate of drug-likeness (QED) is 0.352. The van der Waals surface area contributed by atoms with Gasteiger partial charge in [-0.3, -0.25) is 0 Å².